The van der Waals surface area contributed by atoms with Gasteiger partial charge in [0.1, 0.15) is 11.3 Å². The van der Waals surface area contributed by atoms with Gasteiger partial charge in [-0.15, -0.1) is 0 Å². The summed E-state index contributed by atoms with van der Waals surface area (Å²) in [7, 11) is 0. The fraction of sp³-hybridized carbons (Fsp3) is 0.190. The first-order valence-corrected chi connectivity index (χ1v) is 9.53. The largest absolute Gasteiger partial charge is 0.467 e. The molecular formula is C21H18ClN3O4. The number of aromatic nitrogens is 1. The summed E-state index contributed by atoms with van der Waals surface area (Å²) in [6.45, 7) is 0.665. The van der Waals surface area contributed by atoms with E-state index in [1.54, 1.807) is 59.8 Å². The molecule has 0 unspecified atom stereocenters. The molecule has 148 valence electrons. The topological polar surface area (TPSA) is 84.7 Å². The number of hydrogen-bond donors (Lipinski definition) is 1. The molecule has 0 fully saturated rings. The van der Waals surface area contributed by atoms with Gasteiger partial charge in [-0.25, -0.2) is 4.98 Å². The van der Waals surface area contributed by atoms with Gasteiger partial charge in [0.25, 0.3) is 5.91 Å². The third kappa shape index (κ3) is 4.25. The number of ether oxygens (including phenoxy) is 1. The number of carbonyl (C=O) groups excluding carboxylic acids is 2. The molecule has 3 aromatic rings. The van der Waals surface area contributed by atoms with Gasteiger partial charge in [-0.1, -0.05) is 11.6 Å². The molecule has 8 heteroatoms. The zero-order chi connectivity index (χ0) is 20.2. The minimum absolute atomic E-state index is 0.117. The molecule has 1 aromatic carbocycles. The zero-order valence-electron chi connectivity index (χ0n) is 15.4. The average Bonchev–Trinajstić information content (AvgIpc) is 3.21. The van der Waals surface area contributed by atoms with Crippen molar-refractivity contribution in [3.8, 4) is 11.6 Å². The lowest BCUT2D eigenvalue weighted by Gasteiger charge is -2.22. The van der Waals surface area contributed by atoms with E-state index < -0.39 is 0 Å². The van der Waals surface area contributed by atoms with E-state index in [1.807, 2.05) is 0 Å². The highest BCUT2D eigenvalue weighted by molar-refractivity contribution is 6.31. The molecule has 3 heterocycles. The number of anilines is 1. The van der Waals surface area contributed by atoms with Crippen molar-refractivity contribution in [1.82, 2.24) is 10.3 Å². The van der Waals surface area contributed by atoms with Crippen molar-refractivity contribution in [2.45, 2.75) is 19.4 Å². The highest BCUT2D eigenvalue weighted by Gasteiger charge is 2.29. The van der Waals surface area contributed by atoms with Crippen LogP contribution in [0.4, 0.5) is 5.69 Å². The third-order valence-electron chi connectivity index (χ3n) is 4.49. The fourth-order valence-corrected chi connectivity index (χ4v) is 3.25. The van der Waals surface area contributed by atoms with Crippen molar-refractivity contribution in [2.24, 2.45) is 0 Å². The van der Waals surface area contributed by atoms with Crippen LogP contribution in [0.5, 0.6) is 11.6 Å². The van der Waals surface area contributed by atoms with Crippen LogP contribution in [-0.2, 0) is 11.3 Å². The van der Waals surface area contributed by atoms with Gasteiger partial charge >= 0.3 is 0 Å². The molecule has 0 aliphatic carbocycles. The molecule has 0 saturated carbocycles. The minimum atomic E-state index is -0.245. The maximum Gasteiger partial charge on any atom is 0.263 e. The highest BCUT2D eigenvalue weighted by Crippen LogP contribution is 2.39. The zero-order valence-corrected chi connectivity index (χ0v) is 16.2. The molecule has 0 bridgehead atoms. The molecule has 0 atom stereocenters. The second kappa shape index (κ2) is 8.36. The van der Waals surface area contributed by atoms with Gasteiger partial charge in [0.15, 0.2) is 5.75 Å². The van der Waals surface area contributed by atoms with Crippen LogP contribution in [0.2, 0.25) is 5.02 Å². The Labute approximate surface area is 172 Å². The standard InChI is InChI=1S/C21H18ClN3O4/c22-14-7-8-18-17(12-14)25(21(27)16-5-1-9-23-20(16)29-18)10-2-6-19(26)24-13-15-4-3-11-28-15/h1,3-5,7-9,11-12H,2,6,10,13H2,(H,24,26). The van der Waals surface area contributed by atoms with Gasteiger partial charge in [-0.05, 0) is 48.9 Å². The van der Waals surface area contributed by atoms with Crippen LogP contribution in [0.25, 0.3) is 0 Å². The quantitative estimate of drug-likeness (QED) is 0.657. The summed E-state index contributed by atoms with van der Waals surface area (Å²) < 4.78 is 11.0. The lowest BCUT2D eigenvalue weighted by Crippen LogP contribution is -2.32. The van der Waals surface area contributed by atoms with E-state index in [0.29, 0.717) is 47.3 Å². The van der Waals surface area contributed by atoms with E-state index in [-0.39, 0.29) is 24.1 Å². The van der Waals surface area contributed by atoms with E-state index in [1.165, 1.54) is 0 Å². The van der Waals surface area contributed by atoms with Crippen LogP contribution in [0, 0.1) is 0 Å². The van der Waals surface area contributed by atoms with Gasteiger partial charge in [0.05, 0.1) is 18.5 Å². The Hall–Kier alpha value is -3.32. The smallest absolute Gasteiger partial charge is 0.263 e. The Morgan fingerprint density at radius 3 is 2.93 bits per heavy atom. The predicted octanol–water partition coefficient (Wildman–Crippen LogP) is 4.18. The fourth-order valence-electron chi connectivity index (χ4n) is 3.09. The summed E-state index contributed by atoms with van der Waals surface area (Å²) >= 11 is 6.15. The summed E-state index contributed by atoms with van der Waals surface area (Å²) in [6, 6.07) is 12.0. The van der Waals surface area contributed by atoms with Crippen molar-refractivity contribution in [2.75, 3.05) is 11.4 Å². The van der Waals surface area contributed by atoms with Crippen molar-refractivity contribution in [3.63, 3.8) is 0 Å². The van der Waals surface area contributed by atoms with Crippen LogP contribution in [0.15, 0.2) is 59.3 Å². The Morgan fingerprint density at radius 2 is 2.10 bits per heavy atom. The second-order valence-corrected chi connectivity index (χ2v) is 6.92. The molecule has 2 aromatic heterocycles. The molecule has 0 radical (unpaired) electrons. The number of amides is 2. The van der Waals surface area contributed by atoms with Gasteiger partial charge in [-0.2, -0.15) is 0 Å². The number of nitrogens with one attached hydrogen (secondary N) is 1. The molecule has 2 amide bonds. The monoisotopic (exact) mass is 411 g/mol. The number of carbonyl (C=O) groups is 2. The van der Waals surface area contributed by atoms with Crippen molar-refractivity contribution < 1.29 is 18.7 Å². The summed E-state index contributed by atoms with van der Waals surface area (Å²) in [4.78, 5) is 31.0. The van der Waals surface area contributed by atoms with E-state index in [9.17, 15) is 9.59 Å². The van der Waals surface area contributed by atoms with Gasteiger partial charge in [0.2, 0.25) is 11.8 Å². The first-order chi connectivity index (χ1) is 14.1. The number of nitrogens with zero attached hydrogens (tertiary/aromatic N) is 2. The van der Waals surface area contributed by atoms with E-state index >= 15 is 0 Å². The van der Waals surface area contributed by atoms with Crippen LogP contribution >= 0.6 is 11.6 Å². The van der Waals surface area contributed by atoms with Crippen molar-refractivity contribution >= 4 is 29.1 Å². The van der Waals surface area contributed by atoms with E-state index in [2.05, 4.69) is 10.3 Å². The molecule has 4 rings (SSSR count). The summed E-state index contributed by atoms with van der Waals surface area (Å²) in [5.74, 6) is 1.06. The van der Waals surface area contributed by atoms with Gasteiger partial charge in [-0.3, -0.25) is 9.59 Å². The lowest BCUT2D eigenvalue weighted by molar-refractivity contribution is -0.121. The third-order valence-corrected chi connectivity index (χ3v) is 4.73. The molecule has 1 N–H and O–H groups in total. The first-order valence-electron chi connectivity index (χ1n) is 9.15. The SMILES string of the molecule is O=C(CCCN1C(=O)c2cccnc2Oc2ccc(Cl)cc21)NCc1ccco1. The number of furan rings is 1. The number of rotatable bonds is 6. The van der Waals surface area contributed by atoms with E-state index in [0.717, 1.165) is 0 Å². The molecule has 29 heavy (non-hydrogen) atoms. The van der Waals surface area contributed by atoms with Gasteiger partial charge in [0, 0.05) is 24.2 Å². The van der Waals surface area contributed by atoms with Crippen LogP contribution in [0.1, 0.15) is 29.0 Å². The molecule has 0 saturated heterocycles. The number of pyridine rings is 1. The Bertz CT molecular complexity index is 1040. The number of benzene rings is 1. The Balaban J connectivity index is 1.47. The summed E-state index contributed by atoms with van der Waals surface area (Å²) in [5, 5.41) is 3.28. The first kappa shape index (κ1) is 19.0. The summed E-state index contributed by atoms with van der Waals surface area (Å²) in [6.07, 6.45) is 3.86. The molecule has 7 nitrogen and oxygen atoms in total. The normalized spacial score (nSPS) is 12.6. The molecule has 0 spiro atoms. The van der Waals surface area contributed by atoms with Crippen LogP contribution in [0.3, 0.4) is 0 Å². The maximum atomic E-state index is 13.1. The van der Waals surface area contributed by atoms with Crippen LogP contribution in [-0.4, -0.2) is 23.3 Å². The lowest BCUT2D eigenvalue weighted by atomic mass is 10.2. The Kier molecular flexibility index (Phi) is 5.48. The minimum Gasteiger partial charge on any atom is -0.467 e. The Morgan fingerprint density at radius 1 is 1.21 bits per heavy atom. The van der Waals surface area contributed by atoms with E-state index in [4.69, 9.17) is 20.8 Å². The van der Waals surface area contributed by atoms with Crippen molar-refractivity contribution in [1.29, 1.82) is 0 Å². The number of halogens is 1. The van der Waals surface area contributed by atoms with Crippen LogP contribution < -0.4 is 15.0 Å². The van der Waals surface area contributed by atoms with Gasteiger partial charge < -0.3 is 19.4 Å². The molecular weight excluding hydrogens is 394 g/mol. The predicted molar refractivity (Wildman–Crippen MR) is 107 cm³/mol. The van der Waals surface area contributed by atoms with Crippen molar-refractivity contribution in [3.05, 3.63) is 71.3 Å². The average molecular weight is 412 g/mol. The highest BCUT2D eigenvalue weighted by atomic mass is 35.5. The maximum absolute atomic E-state index is 13.1. The second-order valence-electron chi connectivity index (χ2n) is 6.49. The molecule has 1 aliphatic heterocycles. The summed E-state index contributed by atoms with van der Waals surface area (Å²) in [5.41, 5.74) is 0.915. The number of hydrogen-bond acceptors (Lipinski definition) is 5. The molecule has 1 aliphatic rings. The number of fused-ring (bicyclic) bond motifs is 2.